The molecule has 1 N–H and O–H groups in total. The number of rotatable bonds is 4. The summed E-state index contributed by atoms with van der Waals surface area (Å²) in [5, 5.41) is 7.27. The second-order valence-corrected chi connectivity index (χ2v) is 5.36. The smallest absolute Gasteiger partial charge is 0.241 e. The lowest BCUT2D eigenvalue weighted by Crippen LogP contribution is -2.40. The molecule has 0 atom stereocenters. The Bertz CT molecular complexity index is 576. The van der Waals surface area contributed by atoms with Gasteiger partial charge in [-0.15, -0.1) is 0 Å². The molecule has 2 heterocycles. The van der Waals surface area contributed by atoms with Crippen molar-refractivity contribution in [3.05, 3.63) is 36.0 Å². The van der Waals surface area contributed by atoms with E-state index in [1.807, 2.05) is 7.05 Å². The lowest BCUT2D eigenvalue weighted by Gasteiger charge is -2.30. The molecule has 6 heteroatoms. The average molecular weight is 290 g/mol. The first-order valence-electron chi connectivity index (χ1n) is 7.23. The predicted molar refractivity (Wildman–Crippen MR) is 77.1 cm³/mol. The summed E-state index contributed by atoms with van der Waals surface area (Å²) in [7, 11) is 2.01. The minimum absolute atomic E-state index is 0.269. The first-order valence-corrected chi connectivity index (χ1v) is 7.23. The fraction of sp³-hybridized carbons (Fsp3) is 0.467. The van der Waals surface area contributed by atoms with Gasteiger partial charge in [0.2, 0.25) is 11.7 Å². The van der Waals surface area contributed by atoms with Crippen molar-refractivity contribution in [2.75, 3.05) is 20.1 Å². The van der Waals surface area contributed by atoms with E-state index in [-0.39, 0.29) is 5.82 Å². The van der Waals surface area contributed by atoms with Crippen LogP contribution in [0, 0.1) is 5.82 Å². The van der Waals surface area contributed by atoms with Gasteiger partial charge >= 0.3 is 0 Å². The van der Waals surface area contributed by atoms with Gasteiger partial charge in [-0.3, -0.25) is 4.90 Å². The molecule has 0 unspecified atom stereocenters. The van der Waals surface area contributed by atoms with Crippen molar-refractivity contribution >= 4 is 0 Å². The summed E-state index contributed by atoms with van der Waals surface area (Å²) >= 11 is 0. The molecule has 1 aliphatic rings. The zero-order valence-corrected chi connectivity index (χ0v) is 12.1. The van der Waals surface area contributed by atoms with Crippen molar-refractivity contribution < 1.29 is 8.91 Å². The Morgan fingerprint density at radius 1 is 1.29 bits per heavy atom. The fourth-order valence-corrected chi connectivity index (χ4v) is 2.61. The van der Waals surface area contributed by atoms with E-state index in [0.717, 1.165) is 31.5 Å². The van der Waals surface area contributed by atoms with E-state index in [1.165, 1.54) is 12.1 Å². The van der Waals surface area contributed by atoms with Crippen LogP contribution in [-0.2, 0) is 6.54 Å². The molecule has 0 radical (unpaired) electrons. The summed E-state index contributed by atoms with van der Waals surface area (Å²) < 4.78 is 18.2. The molecule has 1 aromatic heterocycles. The maximum absolute atomic E-state index is 12.9. The van der Waals surface area contributed by atoms with E-state index in [4.69, 9.17) is 4.52 Å². The summed E-state index contributed by atoms with van der Waals surface area (Å²) in [5.74, 6) is 0.849. The van der Waals surface area contributed by atoms with E-state index in [9.17, 15) is 4.39 Å². The van der Waals surface area contributed by atoms with Gasteiger partial charge in [0.1, 0.15) is 5.82 Å². The number of nitrogens with one attached hydrogen (secondary N) is 1. The SMILES string of the molecule is CNC1CCN(Cc2nc(-c3ccc(F)cc3)no2)CC1. The quantitative estimate of drug-likeness (QED) is 0.934. The summed E-state index contributed by atoms with van der Waals surface area (Å²) in [5.41, 5.74) is 0.764. The van der Waals surface area contributed by atoms with Crippen molar-refractivity contribution in [2.45, 2.75) is 25.4 Å². The average Bonchev–Trinajstić information content (AvgIpc) is 2.97. The van der Waals surface area contributed by atoms with Crippen LogP contribution in [0.15, 0.2) is 28.8 Å². The Kier molecular flexibility index (Phi) is 4.26. The van der Waals surface area contributed by atoms with Crippen LogP contribution in [0.3, 0.4) is 0 Å². The molecule has 112 valence electrons. The molecule has 0 aliphatic carbocycles. The van der Waals surface area contributed by atoms with Crippen LogP contribution in [-0.4, -0.2) is 41.2 Å². The first-order chi connectivity index (χ1) is 10.2. The Morgan fingerprint density at radius 3 is 2.67 bits per heavy atom. The zero-order valence-electron chi connectivity index (χ0n) is 12.1. The van der Waals surface area contributed by atoms with Crippen LogP contribution >= 0.6 is 0 Å². The van der Waals surface area contributed by atoms with Crippen molar-refractivity contribution in [1.82, 2.24) is 20.4 Å². The molecule has 5 nitrogen and oxygen atoms in total. The number of halogens is 1. The van der Waals surface area contributed by atoms with Crippen molar-refractivity contribution in [1.29, 1.82) is 0 Å². The Balaban J connectivity index is 1.62. The van der Waals surface area contributed by atoms with E-state index < -0.39 is 0 Å². The fourth-order valence-electron chi connectivity index (χ4n) is 2.61. The lowest BCUT2D eigenvalue weighted by atomic mass is 10.1. The highest BCUT2D eigenvalue weighted by molar-refractivity contribution is 5.53. The number of aromatic nitrogens is 2. The number of hydrogen-bond donors (Lipinski definition) is 1. The third-order valence-electron chi connectivity index (χ3n) is 3.93. The second kappa shape index (κ2) is 6.32. The molecule has 21 heavy (non-hydrogen) atoms. The first kappa shape index (κ1) is 14.2. The monoisotopic (exact) mass is 290 g/mol. The van der Waals surface area contributed by atoms with Gasteiger partial charge in [-0.1, -0.05) is 5.16 Å². The minimum atomic E-state index is -0.269. The predicted octanol–water partition coefficient (Wildman–Crippen LogP) is 2.06. The van der Waals surface area contributed by atoms with Gasteiger partial charge in [-0.25, -0.2) is 4.39 Å². The standard InChI is InChI=1S/C15H19FN4O/c1-17-13-6-8-20(9-7-13)10-14-18-15(19-21-14)11-2-4-12(16)5-3-11/h2-5,13,17H,6-10H2,1H3. The van der Waals surface area contributed by atoms with Crippen LogP contribution in [0.1, 0.15) is 18.7 Å². The summed E-state index contributed by atoms with van der Waals surface area (Å²) in [6, 6.07) is 6.71. The molecule has 0 saturated carbocycles. The molecule has 3 rings (SSSR count). The molecule has 2 aromatic rings. The van der Waals surface area contributed by atoms with E-state index >= 15 is 0 Å². The third kappa shape index (κ3) is 3.46. The molecule has 1 aromatic carbocycles. The maximum Gasteiger partial charge on any atom is 0.241 e. The molecule has 1 aliphatic heterocycles. The van der Waals surface area contributed by atoms with Crippen molar-refractivity contribution in [3.63, 3.8) is 0 Å². The molecule has 0 bridgehead atoms. The molecular weight excluding hydrogens is 271 g/mol. The maximum atomic E-state index is 12.9. The lowest BCUT2D eigenvalue weighted by molar-refractivity contribution is 0.173. The summed E-state index contributed by atoms with van der Waals surface area (Å²) in [6.45, 7) is 2.73. The summed E-state index contributed by atoms with van der Waals surface area (Å²) in [6.07, 6.45) is 2.27. The van der Waals surface area contributed by atoms with Gasteiger partial charge in [-0.2, -0.15) is 4.98 Å². The highest BCUT2D eigenvalue weighted by atomic mass is 19.1. The summed E-state index contributed by atoms with van der Waals surface area (Å²) in [4.78, 5) is 6.70. The number of piperidine rings is 1. The number of hydrogen-bond acceptors (Lipinski definition) is 5. The number of likely N-dealkylation sites (tertiary alicyclic amines) is 1. The Morgan fingerprint density at radius 2 is 2.00 bits per heavy atom. The van der Waals surface area contributed by atoms with Crippen molar-refractivity contribution in [3.8, 4) is 11.4 Å². The highest BCUT2D eigenvalue weighted by Gasteiger charge is 2.20. The highest BCUT2D eigenvalue weighted by Crippen LogP contribution is 2.18. The van der Waals surface area contributed by atoms with Gasteiger partial charge < -0.3 is 9.84 Å². The largest absolute Gasteiger partial charge is 0.338 e. The molecule has 0 amide bonds. The molecule has 1 saturated heterocycles. The number of benzene rings is 1. The minimum Gasteiger partial charge on any atom is -0.338 e. The molecule has 1 fully saturated rings. The normalized spacial score (nSPS) is 17.2. The van der Waals surface area contributed by atoms with E-state index in [2.05, 4.69) is 20.4 Å². The van der Waals surface area contributed by atoms with E-state index in [0.29, 0.717) is 24.3 Å². The van der Waals surface area contributed by atoms with E-state index in [1.54, 1.807) is 12.1 Å². The van der Waals surface area contributed by atoms with Crippen molar-refractivity contribution in [2.24, 2.45) is 0 Å². The second-order valence-electron chi connectivity index (χ2n) is 5.36. The molecular formula is C15H19FN4O. The van der Waals surface area contributed by atoms with Crippen LogP contribution in [0.4, 0.5) is 4.39 Å². The van der Waals surface area contributed by atoms with Gasteiger partial charge in [0.15, 0.2) is 0 Å². The van der Waals surface area contributed by atoms with Gasteiger partial charge in [0.25, 0.3) is 0 Å². The Hall–Kier alpha value is -1.79. The molecule has 0 spiro atoms. The Labute approximate surface area is 123 Å². The van der Waals surface area contributed by atoms with Gasteiger partial charge in [0.05, 0.1) is 6.54 Å². The zero-order chi connectivity index (χ0) is 14.7. The van der Waals surface area contributed by atoms with Gasteiger partial charge in [0, 0.05) is 24.7 Å². The van der Waals surface area contributed by atoms with Crippen LogP contribution < -0.4 is 5.32 Å². The van der Waals surface area contributed by atoms with Crippen LogP contribution in [0.2, 0.25) is 0 Å². The van der Waals surface area contributed by atoms with Crippen LogP contribution in [0.5, 0.6) is 0 Å². The number of nitrogens with zero attached hydrogens (tertiary/aromatic N) is 3. The van der Waals surface area contributed by atoms with Crippen LogP contribution in [0.25, 0.3) is 11.4 Å². The topological polar surface area (TPSA) is 54.2 Å². The third-order valence-corrected chi connectivity index (χ3v) is 3.93. The van der Waals surface area contributed by atoms with Gasteiger partial charge in [-0.05, 0) is 44.2 Å².